The van der Waals surface area contributed by atoms with E-state index in [1.807, 2.05) is 12.1 Å². The summed E-state index contributed by atoms with van der Waals surface area (Å²) in [6, 6.07) is 10.5. The van der Waals surface area contributed by atoms with Gasteiger partial charge in [-0.3, -0.25) is 0 Å². The molecule has 5 heteroatoms. The van der Waals surface area contributed by atoms with Crippen molar-refractivity contribution < 1.29 is 4.39 Å². The molecule has 1 heterocycles. The first-order valence-electron chi connectivity index (χ1n) is 5.92. The lowest BCUT2D eigenvalue weighted by Crippen LogP contribution is -2.03. The number of nitrogens with one attached hydrogen (secondary N) is 1. The second kappa shape index (κ2) is 5.91. The number of halogens is 1. The molecule has 0 aliphatic carbocycles. The first kappa shape index (κ1) is 13.0. The highest BCUT2D eigenvalue weighted by atomic mass is 19.1. The van der Waals surface area contributed by atoms with Crippen molar-refractivity contribution in [1.82, 2.24) is 10.2 Å². The molecule has 0 aliphatic rings. The second-order valence-electron chi connectivity index (χ2n) is 4.10. The number of hydrogen-bond donors (Lipinski definition) is 1. The van der Waals surface area contributed by atoms with Crippen LogP contribution < -0.4 is 5.32 Å². The van der Waals surface area contributed by atoms with Gasteiger partial charge in [0.25, 0.3) is 0 Å². The highest BCUT2D eigenvalue weighted by molar-refractivity contribution is 5.60. The van der Waals surface area contributed by atoms with E-state index in [0.717, 1.165) is 5.56 Å². The molecule has 1 aromatic carbocycles. The van der Waals surface area contributed by atoms with E-state index in [-0.39, 0.29) is 5.82 Å². The third kappa shape index (κ3) is 3.26. The molecule has 0 saturated carbocycles. The molecule has 1 N–H and O–H groups in total. The van der Waals surface area contributed by atoms with Crippen molar-refractivity contribution in [2.75, 3.05) is 11.9 Å². The van der Waals surface area contributed by atoms with Gasteiger partial charge in [0.05, 0.1) is 18.2 Å². The van der Waals surface area contributed by atoms with Gasteiger partial charge in [-0.05, 0) is 42.8 Å². The number of benzene rings is 1. The predicted molar refractivity (Wildman–Crippen MR) is 70.9 cm³/mol. The summed E-state index contributed by atoms with van der Waals surface area (Å²) >= 11 is 0. The zero-order valence-corrected chi connectivity index (χ0v) is 10.5. The minimum Gasteiger partial charge on any atom is -0.368 e. The smallest absolute Gasteiger partial charge is 0.148 e. The fraction of sp³-hybridized carbons (Fsp3) is 0.214. The van der Waals surface area contributed by atoms with Crippen molar-refractivity contribution in [3.63, 3.8) is 0 Å². The van der Waals surface area contributed by atoms with Crippen LogP contribution in [0.3, 0.4) is 0 Å². The molecule has 4 nitrogen and oxygen atoms in total. The monoisotopic (exact) mass is 256 g/mol. The van der Waals surface area contributed by atoms with Crippen molar-refractivity contribution in [3.05, 3.63) is 41.7 Å². The average molecular weight is 256 g/mol. The van der Waals surface area contributed by atoms with Gasteiger partial charge in [-0.1, -0.05) is 0 Å². The number of nitrogens with zero attached hydrogens (tertiary/aromatic N) is 3. The van der Waals surface area contributed by atoms with Crippen LogP contribution in [-0.4, -0.2) is 16.7 Å². The van der Waals surface area contributed by atoms with Crippen LogP contribution in [0.5, 0.6) is 0 Å². The van der Waals surface area contributed by atoms with Crippen molar-refractivity contribution in [3.8, 4) is 17.3 Å². The highest BCUT2D eigenvalue weighted by Gasteiger charge is 2.04. The van der Waals surface area contributed by atoms with E-state index in [1.165, 1.54) is 6.07 Å². The van der Waals surface area contributed by atoms with Crippen LogP contribution in [0.2, 0.25) is 0 Å². The minimum absolute atomic E-state index is 0.230. The van der Waals surface area contributed by atoms with Gasteiger partial charge in [0.2, 0.25) is 0 Å². The molecule has 0 unspecified atom stereocenters. The lowest BCUT2D eigenvalue weighted by molar-refractivity contribution is 0.618. The summed E-state index contributed by atoms with van der Waals surface area (Å²) < 4.78 is 13.2. The van der Waals surface area contributed by atoms with Crippen LogP contribution in [0.25, 0.3) is 11.3 Å². The first-order valence-corrected chi connectivity index (χ1v) is 5.92. The number of anilines is 1. The topological polar surface area (TPSA) is 61.6 Å². The SMILES string of the molecule is Cc1cc(-c2ccc(NCCC#N)nn2)ccc1F. The average Bonchev–Trinajstić information content (AvgIpc) is 2.43. The maximum Gasteiger partial charge on any atom is 0.148 e. The Morgan fingerprint density at radius 2 is 2.11 bits per heavy atom. The van der Waals surface area contributed by atoms with Gasteiger partial charge in [0.15, 0.2) is 0 Å². The zero-order chi connectivity index (χ0) is 13.7. The Hall–Kier alpha value is -2.48. The van der Waals surface area contributed by atoms with Crippen LogP contribution in [0, 0.1) is 24.1 Å². The van der Waals surface area contributed by atoms with Crippen molar-refractivity contribution in [2.45, 2.75) is 13.3 Å². The molecule has 96 valence electrons. The fourth-order valence-corrected chi connectivity index (χ4v) is 1.63. The van der Waals surface area contributed by atoms with Gasteiger partial charge in [0.1, 0.15) is 11.6 Å². The standard InChI is InChI=1S/C14H13FN4/c1-10-9-11(3-4-12(10)15)13-5-6-14(19-18-13)17-8-2-7-16/h3-6,9H,2,8H2,1H3,(H,17,19). The lowest BCUT2D eigenvalue weighted by Gasteiger charge is -2.05. The Labute approximate surface area is 110 Å². The van der Waals surface area contributed by atoms with E-state index < -0.39 is 0 Å². The van der Waals surface area contributed by atoms with Crippen LogP contribution in [-0.2, 0) is 0 Å². The summed E-state index contributed by atoms with van der Waals surface area (Å²) in [5.41, 5.74) is 2.10. The predicted octanol–water partition coefficient (Wildman–Crippen LogP) is 2.92. The molecule has 0 saturated heterocycles. The summed E-state index contributed by atoms with van der Waals surface area (Å²) in [4.78, 5) is 0. The van der Waals surface area contributed by atoms with Crippen molar-refractivity contribution >= 4 is 5.82 Å². The Bertz CT molecular complexity index is 602. The summed E-state index contributed by atoms with van der Waals surface area (Å²) in [7, 11) is 0. The molecule has 2 aromatic rings. The molecule has 0 radical (unpaired) electrons. The molecule has 0 atom stereocenters. The van der Waals surface area contributed by atoms with Gasteiger partial charge in [-0.2, -0.15) is 5.26 Å². The summed E-state index contributed by atoms with van der Waals surface area (Å²) in [5.74, 6) is 0.393. The molecule has 1 aromatic heterocycles. The van der Waals surface area contributed by atoms with E-state index >= 15 is 0 Å². The van der Waals surface area contributed by atoms with Gasteiger partial charge < -0.3 is 5.32 Å². The van der Waals surface area contributed by atoms with E-state index in [2.05, 4.69) is 15.5 Å². The number of hydrogen-bond acceptors (Lipinski definition) is 4. The van der Waals surface area contributed by atoms with E-state index in [1.54, 1.807) is 25.1 Å². The number of nitriles is 1. The largest absolute Gasteiger partial charge is 0.368 e. The van der Waals surface area contributed by atoms with Gasteiger partial charge in [0, 0.05) is 12.1 Å². The van der Waals surface area contributed by atoms with Crippen LogP contribution >= 0.6 is 0 Å². The molecular formula is C14H13FN4. The van der Waals surface area contributed by atoms with Gasteiger partial charge in [-0.25, -0.2) is 4.39 Å². The van der Waals surface area contributed by atoms with Crippen molar-refractivity contribution in [1.29, 1.82) is 5.26 Å². The third-order valence-electron chi connectivity index (χ3n) is 2.66. The quantitative estimate of drug-likeness (QED) is 0.854. The summed E-state index contributed by atoms with van der Waals surface area (Å²) in [6.07, 6.45) is 0.417. The number of aryl methyl sites for hydroxylation is 1. The normalized spacial score (nSPS) is 9.95. The van der Waals surface area contributed by atoms with Gasteiger partial charge >= 0.3 is 0 Å². The van der Waals surface area contributed by atoms with Crippen molar-refractivity contribution in [2.24, 2.45) is 0 Å². The van der Waals surface area contributed by atoms with E-state index in [9.17, 15) is 4.39 Å². The maximum atomic E-state index is 13.2. The molecule has 0 spiro atoms. The highest BCUT2D eigenvalue weighted by Crippen LogP contribution is 2.19. The molecule has 0 aliphatic heterocycles. The molecule has 0 amide bonds. The zero-order valence-electron chi connectivity index (χ0n) is 10.5. The molecular weight excluding hydrogens is 243 g/mol. The molecule has 19 heavy (non-hydrogen) atoms. The molecule has 2 rings (SSSR count). The third-order valence-corrected chi connectivity index (χ3v) is 2.66. The number of rotatable bonds is 4. The summed E-state index contributed by atoms with van der Waals surface area (Å²) in [5, 5.41) is 19.5. The molecule has 0 bridgehead atoms. The lowest BCUT2D eigenvalue weighted by atomic mass is 10.1. The summed E-state index contributed by atoms with van der Waals surface area (Å²) in [6.45, 7) is 2.25. The number of aromatic nitrogens is 2. The van der Waals surface area contributed by atoms with E-state index in [4.69, 9.17) is 5.26 Å². The van der Waals surface area contributed by atoms with Crippen LogP contribution in [0.4, 0.5) is 10.2 Å². The molecule has 0 fully saturated rings. The van der Waals surface area contributed by atoms with Gasteiger partial charge in [-0.15, -0.1) is 10.2 Å². The van der Waals surface area contributed by atoms with Crippen LogP contribution in [0.1, 0.15) is 12.0 Å². The Kier molecular flexibility index (Phi) is 4.04. The Balaban J connectivity index is 2.13. The fourth-order valence-electron chi connectivity index (χ4n) is 1.63. The Morgan fingerprint density at radius 1 is 1.26 bits per heavy atom. The van der Waals surface area contributed by atoms with Crippen LogP contribution in [0.15, 0.2) is 30.3 Å². The minimum atomic E-state index is -0.230. The van der Waals surface area contributed by atoms with E-state index in [0.29, 0.717) is 30.0 Å². The second-order valence-corrected chi connectivity index (χ2v) is 4.10. The Morgan fingerprint density at radius 3 is 2.74 bits per heavy atom. The maximum absolute atomic E-state index is 13.2. The first-order chi connectivity index (χ1) is 9.20.